The van der Waals surface area contributed by atoms with Gasteiger partial charge in [-0.1, -0.05) is 26.5 Å². The van der Waals surface area contributed by atoms with Gasteiger partial charge in [-0.05, 0) is 49.6 Å². The van der Waals surface area contributed by atoms with Crippen LogP contribution < -0.4 is 15.3 Å². The molecule has 1 N–H and O–H groups in total. The topological polar surface area (TPSA) is 114 Å². The van der Waals surface area contributed by atoms with Crippen LogP contribution in [0.25, 0.3) is 28.0 Å². The maximum atomic E-state index is 16.5. The standard InChI is InChI=1S/C31H30F2N6O4/c1-6-21(41)37-12-17(5)38-18(13-37)14-43-28-23-29(35-26(24(28)33)22-19(32)8-7-9-20(22)40)39(31(42)36-30(23)38)27-16(4)10-11-34-25(27)15(2)3/h6-11,15,17-18,40H,1,12-14H2,2-5H3/t17-,18-/m1/s1. The summed E-state index contributed by atoms with van der Waals surface area (Å²) in [4.78, 5) is 43.6. The second-order valence-corrected chi connectivity index (χ2v) is 11.2. The number of pyridine rings is 2. The van der Waals surface area contributed by atoms with E-state index in [0.717, 1.165) is 6.07 Å². The van der Waals surface area contributed by atoms with Gasteiger partial charge in [-0.25, -0.2) is 23.1 Å². The first kappa shape index (κ1) is 28.3. The molecule has 6 rings (SSSR count). The van der Waals surface area contributed by atoms with Gasteiger partial charge in [0.1, 0.15) is 35.1 Å². The molecule has 43 heavy (non-hydrogen) atoms. The van der Waals surface area contributed by atoms with Crippen LogP contribution in [-0.2, 0) is 4.79 Å². The van der Waals surface area contributed by atoms with Gasteiger partial charge in [-0.3, -0.25) is 9.78 Å². The van der Waals surface area contributed by atoms with Crippen LogP contribution in [0.1, 0.15) is 37.9 Å². The van der Waals surface area contributed by atoms with Gasteiger partial charge < -0.3 is 19.6 Å². The molecule has 3 aromatic heterocycles. The lowest BCUT2D eigenvalue weighted by molar-refractivity contribution is -0.127. The molecule has 2 aliphatic rings. The highest BCUT2D eigenvalue weighted by Crippen LogP contribution is 2.44. The summed E-state index contributed by atoms with van der Waals surface area (Å²) in [6.07, 6.45) is 2.86. The molecule has 0 saturated carbocycles. The van der Waals surface area contributed by atoms with Crippen molar-refractivity contribution in [1.29, 1.82) is 0 Å². The minimum Gasteiger partial charge on any atom is -0.507 e. The molecule has 2 atom stereocenters. The molecule has 12 heteroatoms. The number of aromatic nitrogens is 4. The van der Waals surface area contributed by atoms with Crippen molar-refractivity contribution in [3.63, 3.8) is 0 Å². The molecule has 0 bridgehead atoms. The minimum absolute atomic E-state index is 0.0282. The number of rotatable bonds is 4. The van der Waals surface area contributed by atoms with Gasteiger partial charge in [0, 0.05) is 25.3 Å². The third kappa shape index (κ3) is 4.39. The summed E-state index contributed by atoms with van der Waals surface area (Å²) in [5.41, 5.74) is -0.0221. The Balaban J connectivity index is 1.73. The summed E-state index contributed by atoms with van der Waals surface area (Å²) in [6, 6.07) is 4.50. The highest BCUT2D eigenvalue weighted by molar-refractivity contribution is 5.97. The number of piperazine rings is 1. The number of hydrogen-bond acceptors (Lipinski definition) is 8. The van der Waals surface area contributed by atoms with Crippen LogP contribution in [-0.4, -0.2) is 67.2 Å². The van der Waals surface area contributed by atoms with Crippen LogP contribution in [0.3, 0.4) is 0 Å². The zero-order valence-electron chi connectivity index (χ0n) is 24.1. The number of benzene rings is 1. The fourth-order valence-electron chi connectivity index (χ4n) is 6.09. The van der Waals surface area contributed by atoms with Gasteiger partial charge in [0.2, 0.25) is 5.91 Å². The average molecular weight is 589 g/mol. The van der Waals surface area contributed by atoms with Crippen molar-refractivity contribution in [3.05, 3.63) is 76.5 Å². The number of phenolic OH excluding ortho intramolecular Hbond substituents is 1. The first-order chi connectivity index (χ1) is 20.5. The Bertz CT molecular complexity index is 1850. The first-order valence-corrected chi connectivity index (χ1v) is 14.0. The molecule has 5 heterocycles. The van der Waals surface area contributed by atoms with Crippen molar-refractivity contribution in [2.75, 3.05) is 24.6 Å². The van der Waals surface area contributed by atoms with E-state index >= 15 is 8.78 Å². The summed E-state index contributed by atoms with van der Waals surface area (Å²) in [6.45, 7) is 11.6. The second-order valence-electron chi connectivity index (χ2n) is 11.2. The molecule has 0 spiro atoms. The number of phenols is 1. The van der Waals surface area contributed by atoms with Crippen molar-refractivity contribution >= 4 is 22.8 Å². The second kappa shape index (κ2) is 10.4. The predicted molar refractivity (Wildman–Crippen MR) is 157 cm³/mol. The largest absolute Gasteiger partial charge is 0.507 e. The number of ether oxygens (including phenoxy) is 1. The Kier molecular flexibility index (Phi) is 6.86. The lowest BCUT2D eigenvalue weighted by atomic mass is 10.0. The average Bonchev–Trinajstić information content (AvgIpc) is 3.13. The molecule has 2 aliphatic heterocycles. The van der Waals surface area contributed by atoms with Crippen molar-refractivity contribution in [3.8, 4) is 28.4 Å². The maximum Gasteiger partial charge on any atom is 0.355 e. The number of carbonyl (C=O) groups is 1. The Morgan fingerprint density at radius 1 is 1.21 bits per heavy atom. The molecule has 1 fully saturated rings. The molecule has 1 aromatic carbocycles. The van der Waals surface area contributed by atoms with E-state index in [4.69, 9.17) is 4.74 Å². The minimum atomic E-state index is -1.01. The van der Waals surface area contributed by atoms with E-state index in [-0.39, 0.29) is 53.6 Å². The van der Waals surface area contributed by atoms with Crippen molar-refractivity contribution in [1.82, 2.24) is 24.4 Å². The van der Waals surface area contributed by atoms with Crippen LogP contribution >= 0.6 is 0 Å². The molecule has 0 unspecified atom stereocenters. The third-order valence-electron chi connectivity index (χ3n) is 7.99. The van der Waals surface area contributed by atoms with Crippen LogP contribution in [0, 0.1) is 18.6 Å². The molecular weight excluding hydrogens is 558 g/mol. The third-order valence-corrected chi connectivity index (χ3v) is 7.99. The van der Waals surface area contributed by atoms with Gasteiger partial charge in [-0.15, -0.1) is 0 Å². The quantitative estimate of drug-likeness (QED) is 0.352. The smallest absolute Gasteiger partial charge is 0.355 e. The fraction of sp³-hybridized carbons (Fsp3) is 0.323. The molecule has 222 valence electrons. The van der Waals surface area contributed by atoms with Crippen molar-refractivity contribution in [2.45, 2.75) is 45.7 Å². The number of carbonyl (C=O) groups excluding carboxylic acids is 1. The summed E-state index contributed by atoms with van der Waals surface area (Å²) in [5.74, 6) is -2.96. The lowest BCUT2D eigenvalue weighted by Gasteiger charge is -2.45. The summed E-state index contributed by atoms with van der Waals surface area (Å²) in [5, 5.41) is 10.7. The Labute approximate surface area is 245 Å². The van der Waals surface area contributed by atoms with Crippen molar-refractivity contribution in [2.24, 2.45) is 0 Å². The van der Waals surface area contributed by atoms with Crippen LogP contribution in [0.5, 0.6) is 11.5 Å². The van der Waals surface area contributed by atoms with Crippen LogP contribution in [0.4, 0.5) is 14.6 Å². The van der Waals surface area contributed by atoms with E-state index in [9.17, 15) is 14.7 Å². The van der Waals surface area contributed by atoms with E-state index in [0.29, 0.717) is 23.5 Å². The molecule has 0 aliphatic carbocycles. The zero-order valence-corrected chi connectivity index (χ0v) is 24.1. The first-order valence-electron chi connectivity index (χ1n) is 14.0. The number of halogens is 2. The Morgan fingerprint density at radius 2 is 1.98 bits per heavy atom. The SMILES string of the molecule is C=CC(=O)N1C[C@@H]2COc3c(F)c(-c4c(O)cccc4F)nc4c3c(nc(=O)n4-c3c(C)ccnc3C(C)C)N2[C@H](C)C1. The monoisotopic (exact) mass is 588 g/mol. The van der Waals surface area contributed by atoms with Gasteiger partial charge >= 0.3 is 5.69 Å². The molecular formula is C31H30F2N6O4. The number of fused-ring (bicyclic) bond motifs is 2. The number of anilines is 1. The molecule has 0 radical (unpaired) electrons. The molecule has 1 saturated heterocycles. The van der Waals surface area contributed by atoms with E-state index < -0.39 is 40.4 Å². The number of nitrogens with zero attached hydrogens (tertiary/aromatic N) is 6. The normalized spacial score (nSPS) is 17.9. The van der Waals surface area contributed by atoms with E-state index in [2.05, 4.69) is 21.5 Å². The maximum absolute atomic E-state index is 16.5. The van der Waals surface area contributed by atoms with Gasteiger partial charge in [0.15, 0.2) is 17.2 Å². The Hall–Kier alpha value is -4.87. The van der Waals surface area contributed by atoms with Crippen LogP contribution in [0.15, 0.2) is 47.9 Å². The zero-order chi connectivity index (χ0) is 30.7. The summed E-state index contributed by atoms with van der Waals surface area (Å²) < 4.78 is 39.0. The number of hydrogen-bond donors (Lipinski definition) is 1. The van der Waals surface area contributed by atoms with E-state index in [1.807, 2.05) is 32.6 Å². The molecule has 1 amide bonds. The predicted octanol–water partition coefficient (Wildman–Crippen LogP) is 4.24. The van der Waals surface area contributed by atoms with Gasteiger partial charge in [0.25, 0.3) is 0 Å². The molecule has 10 nitrogen and oxygen atoms in total. The lowest BCUT2D eigenvalue weighted by Crippen LogP contribution is -2.61. The number of aromatic hydroxyl groups is 1. The van der Waals surface area contributed by atoms with Crippen molar-refractivity contribution < 1.29 is 23.4 Å². The van der Waals surface area contributed by atoms with E-state index in [1.165, 1.54) is 22.8 Å². The van der Waals surface area contributed by atoms with Gasteiger partial charge in [0.05, 0.1) is 23.0 Å². The van der Waals surface area contributed by atoms with E-state index in [1.54, 1.807) is 17.2 Å². The number of aryl methyl sites for hydroxylation is 1. The van der Waals surface area contributed by atoms with Crippen LogP contribution in [0.2, 0.25) is 0 Å². The summed E-state index contributed by atoms with van der Waals surface area (Å²) in [7, 11) is 0. The summed E-state index contributed by atoms with van der Waals surface area (Å²) >= 11 is 0. The Morgan fingerprint density at radius 3 is 2.67 bits per heavy atom. The highest BCUT2D eigenvalue weighted by atomic mass is 19.1. The number of amides is 1. The highest BCUT2D eigenvalue weighted by Gasteiger charge is 2.41. The molecule has 4 aromatic rings. The fourth-order valence-corrected chi connectivity index (χ4v) is 6.09. The van der Waals surface area contributed by atoms with Gasteiger partial charge in [-0.2, -0.15) is 4.98 Å².